The number of fused-ring (bicyclic) bond motifs is 3. The van der Waals surface area contributed by atoms with E-state index in [1.54, 1.807) is 7.11 Å². The van der Waals surface area contributed by atoms with Gasteiger partial charge in [-0.1, -0.05) is 6.92 Å². The van der Waals surface area contributed by atoms with Crippen molar-refractivity contribution in [2.45, 2.75) is 25.0 Å². The van der Waals surface area contributed by atoms with E-state index in [0.29, 0.717) is 0 Å². The molecule has 16 heavy (non-hydrogen) atoms. The molecule has 2 aliphatic rings. The Labute approximate surface area is 96.0 Å². The molecule has 1 aromatic rings. The number of hydrogen-bond acceptors (Lipinski definition) is 3. The van der Waals surface area contributed by atoms with Crippen molar-refractivity contribution in [3.63, 3.8) is 0 Å². The minimum atomic E-state index is 0.124. The Bertz CT molecular complexity index is 432. The van der Waals surface area contributed by atoms with Gasteiger partial charge in [0.1, 0.15) is 12.0 Å². The van der Waals surface area contributed by atoms with Gasteiger partial charge in [-0.3, -0.25) is 0 Å². The number of hydrogen-bond donors (Lipinski definition) is 0. The van der Waals surface area contributed by atoms with Crippen LogP contribution in [0.15, 0.2) is 18.2 Å². The number of benzene rings is 1. The lowest BCUT2D eigenvalue weighted by atomic mass is 9.82. The van der Waals surface area contributed by atoms with Crippen LogP contribution in [0.4, 0.5) is 5.69 Å². The largest absolute Gasteiger partial charge is 0.497 e. The van der Waals surface area contributed by atoms with Crippen LogP contribution in [0.1, 0.15) is 18.9 Å². The smallest absolute Gasteiger partial charge is 0.139 e. The van der Waals surface area contributed by atoms with Gasteiger partial charge in [0.2, 0.25) is 0 Å². The second-order valence-electron chi connectivity index (χ2n) is 4.88. The fourth-order valence-electron chi connectivity index (χ4n) is 3.03. The van der Waals surface area contributed by atoms with Crippen LogP contribution >= 0.6 is 0 Å². The van der Waals surface area contributed by atoms with Gasteiger partial charge in [0.25, 0.3) is 0 Å². The predicted molar refractivity (Wildman–Crippen MR) is 63.1 cm³/mol. The molecule has 3 heteroatoms. The van der Waals surface area contributed by atoms with Crippen molar-refractivity contribution in [3.05, 3.63) is 23.8 Å². The monoisotopic (exact) mass is 219 g/mol. The molecule has 0 N–H and O–H groups in total. The molecule has 2 atom stereocenters. The highest BCUT2D eigenvalue weighted by Crippen LogP contribution is 2.50. The summed E-state index contributed by atoms with van der Waals surface area (Å²) in [5, 5.41) is 0. The summed E-state index contributed by atoms with van der Waals surface area (Å²) in [5.41, 5.74) is 2.75. The SMILES string of the molecule is COc1ccc2c(c1)[C@]1(C)CCOC1N2C. The molecule has 0 aromatic heterocycles. The molecule has 1 unspecified atom stereocenters. The molecule has 0 saturated carbocycles. The first-order valence-corrected chi connectivity index (χ1v) is 5.70. The number of methoxy groups -OCH3 is 1. The van der Waals surface area contributed by atoms with Crippen LogP contribution < -0.4 is 9.64 Å². The summed E-state index contributed by atoms with van der Waals surface area (Å²) in [6.07, 6.45) is 1.27. The van der Waals surface area contributed by atoms with Crippen molar-refractivity contribution in [1.29, 1.82) is 0 Å². The van der Waals surface area contributed by atoms with Gasteiger partial charge in [-0.15, -0.1) is 0 Å². The highest BCUT2D eigenvalue weighted by molar-refractivity contribution is 5.65. The molecule has 1 fully saturated rings. The first-order valence-electron chi connectivity index (χ1n) is 5.70. The topological polar surface area (TPSA) is 21.7 Å². The van der Waals surface area contributed by atoms with Gasteiger partial charge in [-0.2, -0.15) is 0 Å². The number of rotatable bonds is 1. The molecule has 3 nitrogen and oxygen atoms in total. The van der Waals surface area contributed by atoms with E-state index >= 15 is 0 Å². The van der Waals surface area contributed by atoms with Crippen molar-refractivity contribution >= 4 is 5.69 Å². The first kappa shape index (κ1) is 9.97. The first-order chi connectivity index (χ1) is 7.66. The van der Waals surface area contributed by atoms with Gasteiger partial charge in [0, 0.05) is 18.2 Å². The van der Waals surface area contributed by atoms with Crippen molar-refractivity contribution < 1.29 is 9.47 Å². The Morgan fingerprint density at radius 3 is 3.06 bits per heavy atom. The quantitative estimate of drug-likeness (QED) is 0.722. The third kappa shape index (κ3) is 1.07. The molecule has 3 rings (SSSR count). The van der Waals surface area contributed by atoms with E-state index in [0.717, 1.165) is 18.8 Å². The highest BCUT2D eigenvalue weighted by Gasteiger charge is 2.50. The number of likely N-dealkylation sites (N-methyl/N-ethyl adjacent to an activating group) is 1. The summed E-state index contributed by atoms with van der Waals surface area (Å²) < 4.78 is 11.1. The van der Waals surface area contributed by atoms with Crippen molar-refractivity contribution in [2.24, 2.45) is 0 Å². The Morgan fingerprint density at radius 2 is 2.31 bits per heavy atom. The van der Waals surface area contributed by atoms with Gasteiger partial charge in [0.15, 0.2) is 0 Å². The van der Waals surface area contributed by atoms with Gasteiger partial charge in [-0.05, 0) is 30.2 Å². The van der Waals surface area contributed by atoms with Crippen LogP contribution in [-0.4, -0.2) is 27.0 Å². The maximum Gasteiger partial charge on any atom is 0.139 e. The van der Waals surface area contributed by atoms with E-state index in [1.165, 1.54) is 11.3 Å². The van der Waals surface area contributed by atoms with E-state index in [4.69, 9.17) is 9.47 Å². The number of ether oxygens (including phenoxy) is 2. The number of anilines is 1. The molecule has 0 bridgehead atoms. The summed E-state index contributed by atoms with van der Waals surface area (Å²) >= 11 is 0. The average Bonchev–Trinajstić information content (AvgIpc) is 2.78. The maximum atomic E-state index is 5.83. The van der Waals surface area contributed by atoms with E-state index in [1.807, 2.05) is 6.07 Å². The molecule has 2 aliphatic heterocycles. The summed E-state index contributed by atoms with van der Waals surface area (Å²) in [6, 6.07) is 6.29. The van der Waals surface area contributed by atoms with Crippen LogP contribution in [0.5, 0.6) is 5.75 Å². The van der Waals surface area contributed by atoms with Gasteiger partial charge in [0.05, 0.1) is 13.7 Å². The summed E-state index contributed by atoms with van der Waals surface area (Å²) in [7, 11) is 3.82. The van der Waals surface area contributed by atoms with Crippen LogP contribution in [0.2, 0.25) is 0 Å². The van der Waals surface area contributed by atoms with Crippen LogP contribution in [0.3, 0.4) is 0 Å². The zero-order chi connectivity index (χ0) is 11.3. The fraction of sp³-hybridized carbons (Fsp3) is 0.538. The molecule has 0 spiro atoms. The Morgan fingerprint density at radius 1 is 1.50 bits per heavy atom. The normalized spacial score (nSPS) is 31.4. The van der Waals surface area contributed by atoms with Crippen molar-refractivity contribution in [1.82, 2.24) is 0 Å². The third-order valence-corrected chi connectivity index (χ3v) is 3.99. The Balaban J connectivity index is 2.16. The van der Waals surface area contributed by atoms with Crippen LogP contribution in [0, 0.1) is 0 Å². The van der Waals surface area contributed by atoms with Gasteiger partial charge in [-0.25, -0.2) is 0 Å². The minimum absolute atomic E-state index is 0.124. The highest BCUT2D eigenvalue weighted by atomic mass is 16.5. The van der Waals surface area contributed by atoms with E-state index in [-0.39, 0.29) is 11.6 Å². The second-order valence-corrected chi connectivity index (χ2v) is 4.88. The fourth-order valence-corrected chi connectivity index (χ4v) is 3.03. The number of nitrogens with zero attached hydrogens (tertiary/aromatic N) is 1. The summed E-state index contributed by atoms with van der Waals surface area (Å²) in [4.78, 5) is 2.24. The van der Waals surface area contributed by atoms with Crippen LogP contribution in [0.25, 0.3) is 0 Å². The minimum Gasteiger partial charge on any atom is -0.497 e. The Hall–Kier alpha value is -1.22. The van der Waals surface area contributed by atoms with Crippen molar-refractivity contribution in [2.75, 3.05) is 25.7 Å². The third-order valence-electron chi connectivity index (χ3n) is 3.99. The van der Waals surface area contributed by atoms with Crippen molar-refractivity contribution in [3.8, 4) is 5.75 Å². The molecule has 0 amide bonds. The lowest BCUT2D eigenvalue weighted by Gasteiger charge is -2.26. The Kier molecular flexibility index (Phi) is 1.96. The maximum absolute atomic E-state index is 5.83. The zero-order valence-corrected chi connectivity index (χ0v) is 9.99. The van der Waals surface area contributed by atoms with E-state index in [2.05, 4.69) is 31.0 Å². The zero-order valence-electron chi connectivity index (χ0n) is 9.99. The molecule has 2 heterocycles. The molecule has 0 aliphatic carbocycles. The predicted octanol–water partition coefficient (Wildman–Crippen LogP) is 2.15. The average molecular weight is 219 g/mol. The molecule has 86 valence electrons. The molecule has 1 aromatic carbocycles. The second kappa shape index (κ2) is 3.14. The van der Waals surface area contributed by atoms with Gasteiger partial charge < -0.3 is 14.4 Å². The summed E-state index contributed by atoms with van der Waals surface area (Å²) in [5.74, 6) is 0.931. The summed E-state index contributed by atoms with van der Waals surface area (Å²) in [6.45, 7) is 3.13. The van der Waals surface area contributed by atoms with Crippen LogP contribution in [-0.2, 0) is 10.2 Å². The molecule has 0 radical (unpaired) electrons. The molecule has 1 saturated heterocycles. The molecular formula is C13H17NO2. The van der Waals surface area contributed by atoms with Gasteiger partial charge >= 0.3 is 0 Å². The lowest BCUT2D eigenvalue weighted by Crippen LogP contribution is -2.37. The standard InChI is InChI=1S/C13H17NO2/c1-13-6-7-16-12(13)14(2)11-5-4-9(15-3)8-10(11)13/h4-5,8,12H,6-7H2,1-3H3/t12?,13-/m0/s1. The molecular weight excluding hydrogens is 202 g/mol. The van der Waals surface area contributed by atoms with E-state index < -0.39 is 0 Å². The van der Waals surface area contributed by atoms with E-state index in [9.17, 15) is 0 Å². The lowest BCUT2D eigenvalue weighted by molar-refractivity contribution is 0.0920.